The van der Waals surface area contributed by atoms with Gasteiger partial charge >= 0.3 is 0 Å². The molecule has 2 N–H and O–H groups in total. The van der Waals surface area contributed by atoms with E-state index in [-0.39, 0.29) is 10.6 Å². The minimum Gasteiger partial charge on any atom is -0.378 e. The lowest BCUT2D eigenvalue weighted by Crippen LogP contribution is -2.42. The van der Waals surface area contributed by atoms with Crippen LogP contribution in [0.15, 0.2) is 29.3 Å². The number of guanidine groups is 1. The smallest absolute Gasteiger partial charge is 0.292 e. The molecule has 7 heteroatoms. The highest BCUT2D eigenvalue weighted by molar-refractivity contribution is 5.80. The number of nitro groups is 1. The van der Waals surface area contributed by atoms with Crippen LogP contribution in [0.4, 0.5) is 11.4 Å². The van der Waals surface area contributed by atoms with Gasteiger partial charge in [-0.1, -0.05) is 26.0 Å². The lowest BCUT2D eigenvalue weighted by atomic mass is 9.93. The molecule has 1 aliphatic rings. The number of aliphatic imine (C=N–C) groups is 1. The Morgan fingerprint density at radius 3 is 2.74 bits per heavy atom. The van der Waals surface area contributed by atoms with Gasteiger partial charge < -0.3 is 15.5 Å². The Morgan fingerprint density at radius 1 is 1.39 bits per heavy atom. The summed E-state index contributed by atoms with van der Waals surface area (Å²) in [4.78, 5) is 17.2. The molecule has 1 saturated heterocycles. The van der Waals surface area contributed by atoms with Crippen LogP contribution < -0.4 is 10.6 Å². The third kappa shape index (κ3) is 4.58. The predicted octanol–water partition coefficient (Wildman–Crippen LogP) is 2.31. The molecule has 1 aromatic rings. The van der Waals surface area contributed by atoms with E-state index in [9.17, 15) is 10.1 Å². The Kier molecular flexibility index (Phi) is 5.41. The first-order valence-corrected chi connectivity index (χ1v) is 7.86. The van der Waals surface area contributed by atoms with Crippen molar-refractivity contribution in [2.45, 2.75) is 20.3 Å². The lowest BCUT2D eigenvalue weighted by molar-refractivity contribution is -0.384. The Hall–Kier alpha value is -2.31. The Morgan fingerprint density at radius 2 is 2.13 bits per heavy atom. The third-order valence-corrected chi connectivity index (χ3v) is 4.01. The summed E-state index contributed by atoms with van der Waals surface area (Å²) < 4.78 is 0. The van der Waals surface area contributed by atoms with Crippen LogP contribution in [0.1, 0.15) is 20.3 Å². The van der Waals surface area contributed by atoms with Crippen LogP contribution in [-0.4, -0.2) is 49.0 Å². The molecule has 126 valence electrons. The van der Waals surface area contributed by atoms with Crippen molar-refractivity contribution >= 4 is 17.3 Å². The monoisotopic (exact) mass is 319 g/mol. The molecule has 0 saturated carbocycles. The maximum Gasteiger partial charge on any atom is 0.292 e. The number of para-hydroxylation sites is 2. The van der Waals surface area contributed by atoms with Gasteiger partial charge in [0.05, 0.1) is 4.92 Å². The SMILES string of the molecule is CN=C(NCCNc1ccccc1[N+](=O)[O-])N1CCC(C)(C)C1. The van der Waals surface area contributed by atoms with Gasteiger partial charge in [-0.3, -0.25) is 15.1 Å². The zero-order chi connectivity index (χ0) is 16.9. The summed E-state index contributed by atoms with van der Waals surface area (Å²) in [5.41, 5.74) is 0.954. The van der Waals surface area contributed by atoms with Gasteiger partial charge in [0.1, 0.15) is 5.69 Å². The summed E-state index contributed by atoms with van der Waals surface area (Å²) in [6, 6.07) is 6.67. The van der Waals surface area contributed by atoms with Crippen LogP contribution in [0, 0.1) is 15.5 Å². The van der Waals surface area contributed by atoms with E-state index in [0.717, 1.165) is 25.5 Å². The Labute approximate surface area is 136 Å². The Bertz CT molecular complexity index is 586. The number of rotatable bonds is 5. The molecule has 1 aromatic carbocycles. The number of anilines is 1. The molecule has 23 heavy (non-hydrogen) atoms. The molecule has 0 amide bonds. The molecule has 0 radical (unpaired) electrons. The number of likely N-dealkylation sites (tertiary alicyclic amines) is 1. The quantitative estimate of drug-likeness (QED) is 0.286. The third-order valence-electron chi connectivity index (χ3n) is 4.01. The summed E-state index contributed by atoms with van der Waals surface area (Å²) in [5, 5.41) is 17.4. The second-order valence-electron chi connectivity index (χ2n) is 6.51. The van der Waals surface area contributed by atoms with E-state index in [4.69, 9.17) is 0 Å². The molecule has 0 atom stereocenters. The average Bonchev–Trinajstić information content (AvgIpc) is 2.87. The molecular weight excluding hydrogens is 294 g/mol. The van der Waals surface area contributed by atoms with E-state index in [2.05, 4.69) is 34.4 Å². The van der Waals surface area contributed by atoms with E-state index < -0.39 is 0 Å². The first-order valence-electron chi connectivity index (χ1n) is 7.86. The second-order valence-corrected chi connectivity index (χ2v) is 6.51. The first-order chi connectivity index (χ1) is 10.9. The van der Waals surface area contributed by atoms with Gasteiger partial charge in [0.2, 0.25) is 0 Å². The highest BCUT2D eigenvalue weighted by Gasteiger charge is 2.30. The molecule has 1 aliphatic heterocycles. The molecule has 0 aliphatic carbocycles. The van der Waals surface area contributed by atoms with E-state index in [0.29, 0.717) is 24.2 Å². The topological polar surface area (TPSA) is 82.8 Å². The number of hydrogen-bond donors (Lipinski definition) is 2. The number of nitro benzene ring substituents is 1. The van der Waals surface area contributed by atoms with Crippen molar-refractivity contribution in [1.29, 1.82) is 0 Å². The molecule has 0 unspecified atom stereocenters. The van der Waals surface area contributed by atoms with Gasteiger partial charge in [0.25, 0.3) is 5.69 Å². The molecule has 0 bridgehead atoms. The van der Waals surface area contributed by atoms with Gasteiger partial charge in [-0.25, -0.2) is 0 Å². The van der Waals surface area contributed by atoms with Crippen LogP contribution in [0.5, 0.6) is 0 Å². The highest BCUT2D eigenvalue weighted by atomic mass is 16.6. The zero-order valence-corrected chi connectivity index (χ0v) is 14.0. The van der Waals surface area contributed by atoms with Crippen molar-refractivity contribution in [3.05, 3.63) is 34.4 Å². The van der Waals surface area contributed by atoms with Gasteiger partial charge in [0, 0.05) is 39.3 Å². The largest absolute Gasteiger partial charge is 0.378 e. The maximum atomic E-state index is 11.0. The number of nitrogens with one attached hydrogen (secondary N) is 2. The molecule has 7 nitrogen and oxygen atoms in total. The van der Waals surface area contributed by atoms with Gasteiger partial charge in [-0.05, 0) is 17.9 Å². The maximum absolute atomic E-state index is 11.0. The number of benzene rings is 1. The molecule has 0 aromatic heterocycles. The minimum absolute atomic E-state index is 0.0955. The zero-order valence-electron chi connectivity index (χ0n) is 14.0. The number of hydrogen-bond acceptors (Lipinski definition) is 4. The fraction of sp³-hybridized carbons (Fsp3) is 0.562. The summed E-state index contributed by atoms with van der Waals surface area (Å²) in [5.74, 6) is 0.889. The van der Waals surface area contributed by atoms with Crippen molar-refractivity contribution in [1.82, 2.24) is 10.2 Å². The van der Waals surface area contributed by atoms with Gasteiger partial charge in [-0.2, -0.15) is 0 Å². The fourth-order valence-corrected chi connectivity index (χ4v) is 2.78. The van der Waals surface area contributed by atoms with E-state index in [1.54, 1.807) is 25.2 Å². The van der Waals surface area contributed by atoms with Gasteiger partial charge in [-0.15, -0.1) is 0 Å². The summed E-state index contributed by atoms with van der Waals surface area (Å²) >= 11 is 0. The number of nitrogens with zero attached hydrogens (tertiary/aromatic N) is 3. The molecule has 1 fully saturated rings. The molecule has 2 rings (SSSR count). The predicted molar refractivity (Wildman–Crippen MR) is 92.9 cm³/mol. The lowest BCUT2D eigenvalue weighted by Gasteiger charge is -2.23. The van der Waals surface area contributed by atoms with Crippen LogP contribution in [0.2, 0.25) is 0 Å². The summed E-state index contributed by atoms with van der Waals surface area (Å²) in [6.07, 6.45) is 1.15. The molecule has 0 spiro atoms. The minimum atomic E-state index is -0.374. The Balaban J connectivity index is 1.82. The standard InChI is InChI=1S/C16H25N5O2/c1-16(2)8-11-20(12-16)15(17-3)19-10-9-18-13-6-4-5-7-14(13)21(22)23/h4-7,18H,8-12H2,1-3H3,(H,17,19). The first kappa shape index (κ1) is 17.1. The van der Waals surface area contributed by atoms with Crippen molar-refractivity contribution in [2.75, 3.05) is 38.5 Å². The second kappa shape index (κ2) is 7.30. The van der Waals surface area contributed by atoms with Crippen LogP contribution >= 0.6 is 0 Å². The van der Waals surface area contributed by atoms with Crippen molar-refractivity contribution in [3.8, 4) is 0 Å². The fourth-order valence-electron chi connectivity index (χ4n) is 2.78. The van der Waals surface area contributed by atoms with Crippen molar-refractivity contribution < 1.29 is 4.92 Å². The van der Waals surface area contributed by atoms with E-state index in [1.807, 2.05) is 0 Å². The van der Waals surface area contributed by atoms with Crippen LogP contribution in [0.25, 0.3) is 0 Å². The van der Waals surface area contributed by atoms with Gasteiger partial charge in [0.15, 0.2) is 5.96 Å². The average molecular weight is 319 g/mol. The van der Waals surface area contributed by atoms with Crippen LogP contribution in [0.3, 0.4) is 0 Å². The molecule has 1 heterocycles. The normalized spacial score (nSPS) is 17.2. The van der Waals surface area contributed by atoms with Crippen molar-refractivity contribution in [2.24, 2.45) is 10.4 Å². The van der Waals surface area contributed by atoms with E-state index in [1.165, 1.54) is 6.07 Å². The van der Waals surface area contributed by atoms with Crippen molar-refractivity contribution in [3.63, 3.8) is 0 Å². The van der Waals surface area contributed by atoms with Crippen LogP contribution in [-0.2, 0) is 0 Å². The van der Waals surface area contributed by atoms with E-state index >= 15 is 0 Å². The molecular formula is C16H25N5O2. The summed E-state index contributed by atoms with van der Waals surface area (Å²) in [6.45, 7) is 7.75. The summed E-state index contributed by atoms with van der Waals surface area (Å²) in [7, 11) is 1.78. The highest BCUT2D eigenvalue weighted by Crippen LogP contribution is 2.28.